The van der Waals surface area contributed by atoms with Gasteiger partial charge in [0.05, 0.1) is 45.8 Å². The van der Waals surface area contributed by atoms with Gasteiger partial charge in [-0.05, 0) is 42.2 Å². The van der Waals surface area contributed by atoms with E-state index in [0.717, 1.165) is 11.1 Å². The first-order valence-electron chi connectivity index (χ1n) is 10.6. The van der Waals surface area contributed by atoms with Crippen LogP contribution in [-0.4, -0.2) is 45.8 Å². The summed E-state index contributed by atoms with van der Waals surface area (Å²) >= 11 is 0. The van der Waals surface area contributed by atoms with Crippen molar-refractivity contribution in [2.75, 3.05) is 35.0 Å². The molecule has 8 nitrogen and oxygen atoms in total. The van der Waals surface area contributed by atoms with E-state index in [-0.39, 0.29) is 12.3 Å². The molecule has 2 aromatic carbocycles. The molecule has 0 N–H and O–H groups in total. The Morgan fingerprint density at radius 2 is 1.61 bits per heavy atom. The van der Waals surface area contributed by atoms with E-state index in [0.29, 0.717) is 64.6 Å². The maximum Gasteiger partial charge on any atom is 0.340 e. The number of nitrogens with zero attached hydrogens (tertiary/aromatic N) is 1. The summed E-state index contributed by atoms with van der Waals surface area (Å²) in [4.78, 5) is 27.7. The van der Waals surface area contributed by atoms with Crippen LogP contribution in [0.3, 0.4) is 0 Å². The Hall–Kier alpha value is -3.68. The maximum absolute atomic E-state index is 13.2. The van der Waals surface area contributed by atoms with Crippen LogP contribution in [0.4, 0.5) is 0 Å². The zero-order valence-electron chi connectivity index (χ0n) is 19.4. The summed E-state index contributed by atoms with van der Waals surface area (Å²) in [7, 11) is 6.26. The second-order valence-electron chi connectivity index (χ2n) is 7.91. The molecule has 0 saturated carbocycles. The molecule has 0 spiro atoms. The number of ether oxygens (including phenoxy) is 4. The highest BCUT2D eigenvalue weighted by Gasteiger charge is 2.25. The molecule has 1 aromatic heterocycles. The predicted molar refractivity (Wildman–Crippen MR) is 123 cm³/mol. The molecule has 3 aromatic rings. The Kier molecular flexibility index (Phi) is 6.18. The molecule has 4 rings (SSSR count). The van der Waals surface area contributed by atoms with E-state index in [4.69, 9.17) is 23.4 Å². The van der Waals surface area contributed by atoms with Gasteiger partial charge in [-0.3, -0.25) is 4.79 Å². The highest BCUT2D eigenvalue weighted by Crippen LogP contribution is 2.35. The lowest BCUT2D eigenvalue weighted by molar-refractivity contribution is -0.131. The molecule has 1 aliphatic rings. The SMILES string of the molecule is COc1cc(OC)c2c(C)c(CC(=O)N3CCc4cc(OC)c(OC)cc4C3)c(=O)oc2c1. The zero-order valence-corrected chi connectivity index (χ0v) is 19.4. The first kappa shape index (κ1) is 22.5. The zero-order chi connectivity index (χ0) is 23.7. The standard InChI is InChI=1S/C25H27NO7/c1-14-18(25(28)33-22-11-17(29-2)10-21(32-5)24(14)22)12-23(27)26-7-6-15-8-19(30-3)20(31-4)9-16(15)13-26/h8-11H,6-7,12-13H2,1-5H3. The number of hydrogen-bond donors (Lipinski definition) is 0. The average molecular weight is 453 g/mol. The molecule has 0 atom stereocenters. The first-order chi connectivity index (χ1) is 15.9. The fourth-order valence-electron chi connectivity index (χ4n) is 4.32. The number of carbonyl (C=O) groups is 1. The van der Waals surface area contributed by atoms with Gasteiger partial charge >= 0.3 is 5.63 Å². The first-order valence-corrected chi connectivity index (χ1v) is 10.6. The number of fused-ring (bicyclic) bond motifs is 2. The number of hydrogen-bond acceptors (Lipinski definition) is 7. The van der Waals surface area contributed by atoms with Gasteiger partial charge in [0.1, 0.15) is 17.1 Å². The number of rotatable bonds is 6. The van der Waals surface area contributed by atoms with Crippen molar-refractivity contribution in [2.45, 2.75) is 26.3 Å². The lowest BCUT2D eigenvalue weighted by Gasteiger charge is -2.30. The second-order valence-corrected chi connectivity index (χ2v) is 7.91. The lowest BCUT2D eigenvalue weighted by atomic mass is 9.97. The molecule has 0 unspecified atom stereocenters. The Morgan fingerprint density at radius 1 is 0.939 bits per heavy atom. The summed E-state index contributed by atoms with van der Waals surface area (Å²) in [6.45, 7) is 2.80. The molecule has 0 aliphatic carbocycles. The topological polar surface area (TPSA) is 87.4 Å². The summed E-state index contributed by atoms with van der Waals surface area (Å²) in [6, 6.07) is 7.23. The van der Waals surface area contributed by atoms with E-state index < -0.39 is 5.63 Å². The fraction of sp³-hybridized carbons (Fsp3) is 0.360. The van der Waals surface area contributed by atoms with Gasteiger partial charge < -0.3 is 28.3 Å². The van der Waals surface area contributed by atoms with Gasteiger partial charge in [-0.2, -0.15) is 0 Å². The summed E-state index contributed by atoms with van der Waals surface area (Å²) in [5.41, 5.74) is 2.94. The van der Waals surface area contributed by atoms with Crippen LogP contribution in [0.25, 0.3) is 11.0 Å². The largest absolute Gasteiger partial charge is 0.496 e. The normalized spacial score (nSPS) is 12.9. The van der Waals surface area contributed by atoms with Crippen molar-refractivity contribution >= 4 is 16.9 Å². The van der Waals surface area contributed by atoms with Gasteiger partial charge in [0.25, 0.3) is 0 Å². The van der Waals surface area contributed by atoms with E-state index in [1.54, 1.807) is 38.2 Å². The van der Waals surface area contributed by atoms with Gasteiger partial charge in [0.15, 0.2) is 11.5 Å². The van der Waals surface area contributed by atoms with Crippen molar-refractivity contribution < 1.29 is 28.2 Å². The Balaban J connectivity index is 1.64. The molecule has 0 radical (unpaired) electrons. The van der Waals surface area contributed by atoms with Crippen LogP contribution in [0.5, 0.6) is 23.0 Å². The predicted octanol–water partition coefficient (Wildman–Crippen LogP) is 3.26. The molecule has 2 heterocycles. The average Bonchev–Trinajstić information content (AvgIpc) is 2.84. The highest BCUT2D eigenvalue weighted by molar-refractivity contribution is 5.90. The van der Waals surface area contributed by atoms with Crippen LogP contribution < -0.4 is 24.6 Å². The molecule has 0 fully saturated rings. The van der Waals surface area contributed by atoms with Gasteiger partial charge in [0.2, 0.25) is 5.91 Å². The number of benzene rings is 2. The van der Waals surface area contributed by atoms with Gasteiger partial charge in [-0.1, -0.05) is 0 Å². The second kappa shape index (κ2) is 9.05. The minimum absolute atomic E-state index is 0.0537. The van der Waals surface area contributed by atoms with Gasteiger partial charge in [0, 0.05) is 25.2 Å². The smallest absolute Gasteiger partial charge is 0.340 e. The minimum Gasteiger partial charge on any atom is -0.496 e. The summed E-state index contributed by atoms with van der Waals surface area (Å²) < 4.78 is 27.1. The summed E-state index contributed by atoms with van der Waals surface area (Å²) in [5.74, 6) is 2.19. The van der Waals surface area contributed by atoms with Crippen LogP contribution in [0, 0.1) is 6.92 Å². The van der Waals surface area contributed by atoms with Crippen LogP contribution >= 0.6 is 0 Å². The van der Waals surface area contributed by atoms with Crippen molar-refractivity contribution in [3.8, 4) is 23.0 Å². The third-order valence-corrected chi connectivity index (χ3v) is 6.17. The lowest BCUT2D eigenvalue weighted by Crippen LogP contribution is -2.37. The third-order valence-electron chi connectivity index (χ3n) is 6.17. The fourth-order valence-corrected chi connectivity index (χ4v) is 4.32. The minimum atomic E-state index is -0.535. The Morgan fingerprint density at radius 3 is 2.24 bits per heavy atom. The van der Waals surface area contributed by atoms with E-state index in [2.05, 4.69) is 0 Å². The molecule has 1 aliphatic heterocycles. The van der Waals surface area contributed by atoms with Gasteiger partial charge in [-0.25, -0.2) is 4.79 Å². The van der Waals surface area contributed by atoms with E-state index in [9.17, 15) is 9.59 Å². The molecular formula is C25H27NO7. The molecule has 0 bridgehead atoms. The van der Waals surface area contributed by atoms with Crippen molar-refractivity contribution in [3.63, 3.8) is 0 Å². The van der Waals surface area contributed by atoms with E-state index in [1.165, 1.54) is 14.2 Å². The van der Waals surface area contributed by atoms with E-state index in [1.807, 2.05) is 12.1 Å². The number of methoxy groups -OCH3 is 4. The van der Waals surface area contributed by atoms with Gasteiger partial charge in [-0.15, -0.1) is 0 Å². The molecular weight excluding hydrogens is 426 g/mol. The van der Waals surface area contributed by atoms with Crippen molar-refractivity contribution in [2.24, 2.45) is 0 Å². The molecule has 174 valence electrons. The van der Waals surface area contributed by atoms with Crippen LogP contribution in [0.2, 0.25) is 0 Å². The monoisotopic (exact) mass is 453 g/mol. The highest BCUT2D eigenvalue weighted by atomic mass is 16.5. The van der Waals surface area contributed by atoms with Crippen molar-refractivity contribution in [1.82, 2.24) is 4.90 Å². The molecule has 8 heteroatoms. The Labute approximate surface area is 191 Å². The van der Waals surface area contributed by atoms with Crippen LogP contribution in [0.1, 0.15) is 22.3 Å². The van der Waals surface area contributed by atoms with E-state index >= 15 is 0 Å². The third kappa shape index (κ3) is 4.08. The summed E-state index contributed by atoms with van der Waals surface area (Å²) in [5, 5.41) is 0.654. The molecule has 0 saturated heterocycles. The molecule has 1 amide bonds. The summed E-state index contributed by atoms with van der Waals surface area (Å²) in [6.07, 6.45) is 0.641. The quantitative estimate of drug-likeness (QED) is 0.530. The number of carbonyl (C=O) groups excluding carboxylic acids is 1. The van der Waals surface area contributed by atoms with Crippen molar-refractivity contribution in [1.29, 1.82) is 0 Å². The number of amides is 1. The maximum atomic E-state index is 13.2. The van der Waals surface area contributed by atoms with Crippen molar-refractivity contribution in [3.05, 3.63) is 56.9 Å². The van der Waals surface area contributed by atoms with Crippen LogP contribution in [0.15, 0.2) is 33.5 Å². The van der Waals surface area contributed by atoms with Crippen LogP contribution in [-0.2, 0) is 24.2 Å². The number of aryl methyl sites for hydroxylation is 1. The molecule has 33 heavy (non-hydrogen) atoms. The Bertz CT molecular complexity index is 1280.